The van der Waals surface area contributed by atoms with Crippen LogP contribution < -0.4 is 0 Å². The number of rotatable bonds is 3. The molecule has 0 amide bonds. The van der Waals surface area contributed by atoms with Crippen molar-refractivity contribution < 1.29 is 4.79 Å². The fraction of sp³-hybridized carbons (Fsp3) is 0.176. The van der Waals surface area contributed by atoms with E-state index in [1.165, 1.54) is 0 Å². The van der Waals surface area contributed by atoms with Gasteiger partial charge in [0.05, 0.1) is 6.07 Å². The van der Waals surface area contributed by atoms with Crippen molar-refractivity contribution in [2.24, 2.45) is 0 Å². The lowest BCUT2D eigenvalue weighted by Crippen LogP contribution is -2.12. The van der Waals surface area contributed by atoms with Crippen molar-refractivity contribution in [3.05, 3.63) is 69.7 Å². The van der Waals surface area contributed by atoms with E-state index >= 15 is 0 Å². The molecule has 1 unspecified atom stereocenters. The molecule has 0 saturated carbocycles. The minimum atomic E-state index is -0.798. The molecule has 0 heterocycles. The van der Waals surface area contributed by atoms with Crippen LogP contribution in [0.25, 0.3) is 0 Å². The summed E-state index contributed by atoms with van der Waals surface area (Å²) < 4.78 is 0. The number of hydrogen-bond acceptors (Lipinski definition) is 2. The van der Waals surface area contributed by atoms with Crippen LogP contribution in [0.3, 0.4) is 0 Å². The van der Waals surface area contributed by atoms with Crippen molar-refractivity contribution in [3.8, 4) is 6.07 Å². The lowest BCUT2D eigenvalue weighted by molar-refractivity contribution is 0.0978. The molecule has 0 aliphatic heterocycles. The number of ketones is 1. The van der Waals surface area contributed by atoms with E-state index in [1.807, 2.05) is 31.2 Å². The van der Waals surface area contributed by atoms with Gasteiger partial charge in [0.2, 0.25) is 0 Å². The molecule has 1 atom stereocenters. The Kier molecular flexibility index (Phi) is 4.22. The largest absolute Gasteiger partial charge is 0.292 e. The third-order valence-corrected chi connectivity index (χ3v) is 3.74. The Morgan fingerprint density at radius 3 is 2.40 bits per heavy atom. The van der Waals surface area contributed by atoms with Crippen LogP contribution in [0.4, 0.5) is 0 Å². The number of hydrogen-bond donors (Lipinski definition) is 0. The normalized spacial score (nSPS) is 11.7. The maximum Gasteiger partial charge on any atom is 0.184 e. The second-order valence-electron chi connectivity index (χ2n) is 4.75. The maximum absolute atomic E-state index is 12.6. The summed E-state index contributed by atoms with van der Waals surface area (Å²) in [4.78, 5) is 12.6. The highest BCUT2D eigenvalue weighted by atomic mass is 35.5. The first kappa shape index (κ1) is 14.3. The van der Waals surface area contributed by atoms with Gasteiger partial charge in [0.25, 0.3) is 0 Å². The predicted molar refractivity (Wildman–Crippen MR) is 80.1 cm³/mol. The molecule has 0 saturated heterocycles. The van der Waals surface area contributed by atoms with Crippen LogP contribution in [-0.2, 0) is 0 Å². The van der Waals surface area contributed by atoms with Crippen LogP contribution in [0.1, 0.15) is 33.0 Å². The number of Topliss-reactive ketones (excluding diaryl/α,β-unsaturated/α-hetero) is 1. The number of nitriles is 1. The van der Waals surface area contributed by atoms with Crippen LogP contribution in [0.5, 0.6) is 0 Å². The molecule has 0 N–H and O–H groups in total. The highest BCUT2D eigenvalue weighted by Gasteiger charge is 2.23. The summed E-state index contributed by atoms with van der Waals surface area (Å²) in [5, 5.41) is 9.88. The highest BCUT2D eigenvalue weighted by molar-refractivity contribution is 6.32. The first-order chi connectivity index (χ1) is 9.54. The molecule has 2 rings (SSSR count). The second kappa shape index (κ2) is 5.90. The molecule has 100 valence electrons. The molecule has 2 aromatic carbocycles. The van der Waals surface area contributed by atoms with E-state index in [0.717, 1.165) is 5.56 Å². The third kappa shape index (κ3) is 2.74. The summed E-state index contributed by atoms with van der Waals surface area (Å²) in [5.74, 6) is -1.01. The number of carbonyl (C=O) groups is 1. The Labute approximate surface area is 123 Å². The Balaban J connectivity index is 2.42. The van der Waals surface area contributed by atoms with E-state index in [4.69, 9.17) is 11.6 Å². The van der Waals surface area contributed by atoms with E-state index in [-0.39, 0.29) is 5.78 Å². The van der Waals surface area contributed by atoms with Gasteiger partial charge in [0.1, 0.15) is 5.92 Å². The Morgan fingerprint density at radius 2 is 1.80 bits per heavy atom. The summed E-state index contributed by atoms with van der Waals surface area (Å²) in [6.07, 6.45) is 0. The maximum atomic E-state index is 12.6. The SMILES string of the molecule is Cc1ccc(C(C#N)C(=O)c2cccc(Cl)c2C)cc1. The Hall–Kier alpha value is -2.11. The van der Waals surface area contributed by atoms with E-state index in [1.54, 1.807) is 25.1 Å². The molecule has 3 heteroatoms. The molecule has 20 heavy (non-hydrogen) atoms. The van der Waals surface area contributed by atoms with Crippen molar-refractivity contribution in [1.29, 1.82) is 5.26 Å². The molecule has 0 aliphatic rings. The fourth-order valence-corrected chi connectivity index (χ4v) is 2.25. The van der Waals surface area contributed by atoms with E-state index in [0.29, 0.717) is 21.7 Å². The lowest BCUT2D eigenvalue weighted by Gasteiger charge is -2.11. The molecular weight excluding hydrogens is 270 g/mol. The van der Waals surface area contributed by atoms with Crippen molar-refractivity contribution in [2.75, 3.05) is 0 Å². The van der Waals surface area contributed by atoms with Gasteiger partial charge < -0.3 is 0 Å². The molecular formula is C17H14ClNO. The van der Waals surface area contributed by atoms with Crippen molar-refractivity contribution >= 4 is 17.4 Å². The summed E-state index contributed by atoms with van der Waals surface area (Å²) in [7, 11) is 0. The van der Waals surface area contributed by atoms with Crippen molar-refractivity contribution in [3.63, 3.8) is 0 Å². The van der Waals surface area contributed by atoms with Crippen LogP contribution in [0.15, 0.2) is 42.5 Å². The van der Waals surface area contributed by atoms with Gasteiger partial charge in [-0.3, -0.25) is 4.79 Å². The summed E-state index contributed by atoms with van der Waals surface area (Å²) >= 11 is 6.04. The monoisotopic (exact) mass is 283 g/mol. The third-order valence-electron chi connectivity index (χ3n) is 3.34. The van der Waals surface area contributed by atoms with Gasteiger partial charge in [-0.2, -0.15) is 5.26 Å². The fourth-order valence-electron chi connectivity index (χ4n) is 2.07. The number of nitrogens with zero attached hydrogens (tertiary/aromatic N) is 1. The minimum Gasteiger partial charge on any atom is -0.292 e. The molecule has 2 nitrogen and oxygen atoms in total. The average Bonchev–Trinajstić information content (AvgIpc) is 2.44. The molecule has 0 aromatic heterocycles. The molecule has 0 fully saturated rings. The first-order valence-corrected chi connectivity index (χ1v) is 6.68. The van der Waals surface area contributed by atoms with Gasteiger partial charge in [-0.15, -0.1) is 0 Å². The van der Waals surface area contributed by atoms with Crippen molar-refractivity contribution in [1.82, 2.24) is 0 Å². The van der Waals surface area contributed by atoms with Crippen LogP contribution in [-0.4, -0.2) is 5.78 Å². The first-order valence-electron chi connectivity index (χ1n) is 6.30. The quantitative estimate of drug-likeness (QED) is 0.781. The van der Waals surface area contributed by atoms with Crippen LogP contribution in [0.2, 0.25) is 5.02 Å². The zero-order chi connectivity index (χ0) is 14.7. The number of halogens is 1. The van der Waals surface area contributed by atoms with Gasteiger partial charge in [0.15, 0.2) is 5.78 Å². The summed E-state index contributed by atoms with van der Waals surface area (Å²) in [6, 6.07) is 14.7. The lowest BCUT2D eigenvalue weighted by atomic mass is 9.89. The van der Waals surface area contributed by atoms with Gasteiger partial charge in [0, 0.05) is 10.6 Å². The van der Waals surface area contributed by atoms with Gasteiger partial charge >= 0.3 is 0 Å². The van der Waals surface area contributed by atoms with Crippen LogP contribution in [0, 0.1) is 25.2 Å². The Bertz CT molecular complexity index is 683. The molecule has 0 bridgehead atoms. The summed E-state index contributed by atoms with van der Waals surface area (Å²) in [6.45, 7) is 3.76. The topological polar surface area (TPSA) is 40.9 Å². The van der Waals surface area contributed by atoms with E-state index in [9.17, 15) is 10.1 Å². The van der Waals surface area contributed by atoms with Gasteiger partial charge in [-0.05, 0) is 31.0 Å². The molecule has 0 radical (unpaired) electrons. The van der Waals surface area contributed by atoms with E-state index < -0.39 is 5.92 Å². The number of benzene rings is 2. The summed E-state index contributed by atoms with van der Waals surface area (Å²) in [5.41, 5.74) is 3.02. The molecule has 2 aromatic rings. The van der Waals surface area contributed by atoms with Gasteiger partial charge in [-0.25, -0.2) is 0 Å². The second-order valence-corrected chi connectivity index (χ2v) is 5.16. The van der Waals surface area contributed by atoms with Gasteiger partial charge in [-0.1, -0.05) is 53.6 Å². The van der Waals surface area contributed by atoms with E-state index in [2.05, 4.69) is 6.07 Å². The minimum absolute atomic E-state index is 0.212. The molecule has 0 aliphatic carbocycles. The zero-order valence-electron chi connectivity index (χ0n) is 11.4. The Morgan fingerprint density at radius 1 is 1.15 bits per heavy atom. The zero-order valence-corrected chi connectivity index (χ0v) is 12.1. The van der Waals surface area contributed by atoms with Crippen molar-refractivity contribution in [2.45, 2.75) is 19.8 Å². The highest BCUT2D eigenvalue weighted by Crippen LogP contribution is 2.26. The number of carbonyl (C=O) groups excluding carboxylic acids is 1. The number of aryl methyl sites for hydroxylation is 1. The smallest absolute Gasteiger partial charge is 0.184 e. The molecule has 0 spiro atoms. The van der Waals surface area contributed by atoms with Crippen LogP contribution >= 0.6 is 11.6 Å². The standard InChI is InChI=1S/C17H14ClNO/c1-11-6-8-13(9-7-11)15(10-19)17(20)14-4-3-5-16(18)12(14)2/h3-9,15H,1-2H3. The average molecular weight is 284 g/mol. The predicted octanol–water partition coefficient (Wildman–Crippen LogP) is 4.45.